The molecule has 2 heteroatoms. The van der Waals surface area contributed by atoms with Crippen LogP contribution < -0.4 is 5.73 Å². The van der Waals surface area contributed by atoms with Gasteiger partial charge in [0.1, 0.15) is 0 Å². The zero-order chi connectivity index (χ0) is 14.0. The number of aromatic nitrogens is 1. The first-order valence-corrected chi connectivity index (χ1v) is 6.80. The summed E-state index contributed by atoms with van der Waals surface area (Å²) < 4.78 is 0. The minimum atomic E-state index is -0.0720. The summed E-state index contributed by atoms with van der Waals surface area (Å²) in [6.07, 6.45) is 4.71. The summed E-state index contributed by atoms with van der Waals surface area (Å²) in [6, 6.07) is 6.40. The highest BCUT2D eigenvalue weighted by molar-refractivity contribution is 5.43. The van der Waals surface area contributed by atoms with Crippen molar-refractivity contribution in [3.05, 3.63) is 64.0 Å². The molecule has 2 N–H and O–H groups in total. The van der Waals surface area contributed by atoms with E-state index in [0.29, 0.717) is 0 Å². The molecule has 100 valence electrons. The average molecular weight is 254 g/mol. The quantitative estimate of drug-likeness (QED) is 0.908. The van der Waals surface area contributed by atoms with Crippen LogP contribution in [0.3, 0.4) is 0 Å². The molecule has 0 aliphatic rings. The number of hydrogen-bond donors (Lipinski definition) is 1. The zero-order valence-electron chi connectivity index (χ0n) is 12.2. The molecular weight excluding hydrogens is 232 g/mol. The summed E-state index contributed by atoms with van der Waals surface area (Å²) >= 11 is 0. The van der Waals surface area contributed by atoms with Gasteiger partial charge in [0.05, 0.1) is 6.04 Å². The lowest BCUT2D eigenvalue weighted by Gasteiger charge is -2.19. The van der Waals surface area contributed by atoms with Crippen molar-refractivity contribution < 1.29 is 0 Å². The van der Waals surface area contributed by atoms with Gasteiger partial charge in [0.25, 0.3) is 0 Å². The van der Waals surface area contributed by atoms with Crippen molar-refractivity contribution in [2.75, 3.05) is 0 Å². The van der Waals surface area contributed by atoms with Crippen LogP contribution in [0, 0.1) is 20.8 Å². The molecule has 1 heterocycles. The van der Waals surface area contributed by atoms with Gasteiger partial charge in [0, 0.05) is 12.4 Å². The second kappa shape index (κ2) is 5.54. The van der Waals surface area contributed by atoms with Gasteiger partial charge >= 0.3 is 0 Å². The summed E-state index contributed by atoms with van der Waals surface area (Å²) in [7, 11) is 0. The molecule has 1 aromatic heterocycles. The molecule has 0 bridgehead atoms. The lowest BCUT2D eigenvalue weighted by atomic mass is 9.90. The van der Waals surface area contributed by atoms with E-state index in [1.807, 2.05) is 18.5 Å². The topological polar surface area (TPSA) is 38.9 Å². The number of nitrogens with zero attached hydrogens (tertiary/aromatic N) is 1. The van der Waals surface area contributed by atoms with E-state index in [-0.39, 0.29) is 6.04 Å². The molecule has 1 aromatic carbocycles. The van der Waals surface area contributed by atoms with Gasteiger partial charge in [-0.1, -0.05) is 19.1 Å². The number of nitrogens with two attached hydrogens (primary N) is 1. The summed E-state index contributed by atoms with van der Waals surface area (Å²) in [6.45, 7) is 8.55. The standard InChI is InChI=1S/C17H22N2/c1-5-14-10-19-7-6-15(14)17(18)16-9-12(3)11(2)8-13(16)4/h6-10,17H,5,18H2,1-4H3. The van der Waals surface area contributed by atoms with Gasteiger partial charge in [-0.15, -0.1) is 0 Å². The molecule has 0 saturated carbocycles. The lowest BCUT2D eigenvalue weighted by Crippen LogP contribution is -2.16. The first-order valence-electron chi connectivity index (χ1n) is 6.80. The van der Waals surface area contributed by atoms with E-state index >= 15 is 0 Å². The fourth-order valence-corrected chi connectivity index (χ4v) is 2.52. The predicted octanol–water partition coefficient (Wildman–Crippen LogP) is 3.62. The molecule has 0 fully saturated rings. The Bertz CT molecular complexity index is 588. The third-order valence-electron chi connectivity index (χ3n) is 3.87. The molecule has 2 aromatic rings. The Labute approximate surface area is 115 Å². The number of pyridine rings is 1. The summed E-state index contributed by atoms with van der Waals surface area (Å²) in [5, 5.41) is 0. The fraction of sp³-hybridized carbons (Fsp3) is 0.353. The Balaban J connectivity index is 2.50. The largest absolute Gasteiger partial charge is 0.320 e. The minimum Gasteiger partial charge on any atom is -0.320 e. The number of hydrogen-bond acceptors (Lipinski definition) is 2. The van der Waals surface area contributed by atoms with Crippen molar-refractivity contribution in [2.45, 2.75) is 40.2 Å². The van der Waals surface area contributed by atoms with Gasteiger partial charge in [0.2, 0.25) is 0 Å². The van der Waals surface area contributed by atoms with E-state index in [2.05, 4.69) is 44.8 Å². The van der Waals surface area contributed by atoms with Crippen LogP contribution in [0.5, 0.6) is 0 Å². The summed E-state index contributed by atoms with van der Waals surface area (Å²) in [5.41, 5.74) is 14.0. The van der Waals surface area contributed by atoms with Gasteiger partial charge in [0.15, 0.2) is 0 Å². The Morgan fingerprint density at radius 3 is 2.42 bits per heavy atom. The van der Waals surface area contributed by atoms with E-state index in [1.54, 1.807) is 0 Å². The molecule has 0 saturated heterocycles. The molecular formula is C17H22N2. The van der Waals surface area contributed by atoms with Crippen LogP contribution >= 0.6 is 0 Å². The minimum absolute atomic E-state index is 0.0720. The van der Waals surface area contributed by atoms with Crippen LogP contribution in [-0.4, -0.2) is 4.98 Å². The van der Waals surface area contributed by atoms with Crippen LogP contribution in [0.2, 0.25) is 0 Å². The molecule has 0 radical (unpaired) electrons. The molecule has 2 rings (SSSR count). The highest BCUT2D eigenvalue weighted by Gasteiger charge is 2.15. The van der Waals surface area contributed by atoms with E-state index in [0.717, 1.165) is 6.42 Å². The van der Waals surface area contributed by atoms with Crippen molar-refractivity contribution in [3.8, 4) is 0 Å². The van der Waals surface area contributed by atoms with E-state index in [1.165, 1.54) is 33.4 Å². The second-order valence-corrected chi connectivity index (χ2v) is 5.20. The maximum absolute atomic E-state index is 6.48. The first kappa shape index (κ1) is 13.8. The number of aryl methyl sites for hydroxylation is 4. The van der Waals surface area contributed by atoms with Gasteiger partial charge in [-0.3, -0.25) is 4.98 Å². The van der Waals surface area contributed by atoms with Crippen LogP contribution in [0.15, 0.2) is 30.6 Å². The normalized spacial score (nSPS) is 12.5. The smallest absolute Gasteiger partial charge is 0.0558 e. The summed E-state index contributed by atoms with van der Waals surface area (Å²) in [4.78, 5) is 4.19. The molecule has 2 nitrogen and oxygen atoms in total. The van der Waals surface area contributed by atoms with Crippen molar-refractivity contribution in [3.63, 3.8) is 0 Å². The Hall–Kier alpha value is -1.67. The Morgan fingerprint density at radius 1 is 1.05 bits per heavy atom. The maximum atomic E-state index is 6.48. The van der Waals surface area contributed by atoms with Crippen LogP contribution in [0.25, 0.3) is 0 Å². The average Bonchev–Trinajstić information content (AvgIpc) is 2.42. The van der Waals surface area contributed by atoms with Gasteiger partial charge < -0.3 is 5.73 Å². The SMILES string of the molecule is CCc1cnccc1C(N)c1cc(C)c(C)cc1C. The maximum Gasteiger partial charge on any atom is 0.0558 e. The third kappa shape index (κ3) is 2.69. The van der Waals surface area contributed by atoms with Crippen LogP contribution in [0.4, 0.5) is 0 Å². The molecule has 19 heavy (non-hydrogen) atoms. The second-order valence-electron chi connectivity index (χ2n) is 5.20. The molecule has 1 unspecified atom stereocenters. The number of rotatable bonds is 3. The van der Waals surface area contributed by atoms with Gasteiger partial charge in [-0.25, -0.2) is 0 Å². The van der Waals surface area contributed by atoms with Crippen molar-refractivity contribution in [1.82, 2.24) is 4.98 Å². The third-order valence-corrected chi connectivity index (χ3v) is 3.87. The first-order chi connectivity index (χ1) is 9.04. The molecule has 0 spiro atoms. The highest BCUT2D eigenvalue weighted by atomic mass is 14.7. The Morgan fingerprint density at radius 2 is 1.74 bits per heavy atom. The van der Waals surface area contributed by atoms with Crippen molar-refractivity contribution >= 4 is 0 Å². The monoisotopic (exact) mass is 254 g/mol. The fourth-order valence-electron chi connectivity index (χ4n) is 2.52. The zero-order valence-corrected chi connectivity index (χ0v) is 12.2. The molecule has 0 aliphatic heterocycles. The van der Waals surface area contributed by atoms with E-state index in [9.17, 15) is 0 Å². The van der Waals surface area contributed by atoms with Gasteiger partial charge in [-0.2, -0.15) is 0 Å². The highest BCUT2D eigenvalue weighted by Crippen LogP contribution is 2.27. The van der Waals surface area contributed by atoms with Crippen molar-refractivity contribution in [2.24, 2.45) is 5.73 Å². The van der Waals surface area contributed by atoms with E-state index < -0.39 is 0 Å². The molecule has 0 amide bonds. The lowest BCUT2D eigenvalue weighted by molar-refractivity contribution is 0.833. The van der Waals surface area contributed by atoms with Gasteiger partial charge in [-0.05, 0) is 66.6 Å². The molecule has 0 aliphatic carbocycles. The van der Waals surface area contributed by atoms with E-state index in [4.69, 9.17) is 5.73 Å². The predicted molar refractivity (Wildman–Crippen MR) is 80.3 cm³/mol. The van der Waals surface area contributed by atoms with Crippen LogP contribution in [-0.2, 0) is 6.42 Å². The van der Waals surface area contributed by atoms with Crippen molar-refractivity contribution in [1.29, 1.82) is 0 Å². The summed E-state index contributed by atoms with van der Waals surface area (Å²) in [5.74, 6) is 0. The Kier molecular flexibility index (Phi) is 4.01. The van der Waals surface area contributed by atoms with Crippen LogP contribution in [0.1, 0.15) is 46.3 Å². The molecule has 1 atom stereocenters. The number of benzene rings is 1.